The first-order chi connectivity index (χ1) is 12.0. The molecule has 3 rings (SSSR count). The quantitative estimate of drug-likeness (QED) is 0.851. The average Bonchev–Trinajstić information content (AvgIpc) is 2.88. The van der Waals surface area contributed by atoms with Crippen molar-refractivity contribution >= 4 is 29.1 Å². The third-order valence-corrected chi connectivity index (χ3v) is 4.63. The summed E-state index contributed by atoms with van der Waals surface area (Å²) < 4.78 is 0. The predicted octanol–water partition coefficient (Wildman–Crippen LogP) is 1.74. The summed E-state index contributed by atoms with van der Waals surface area (Å²) in [6.07, 6.45) is 0. The lowest BCUT2D eigenvalue weighted by atomic mass is 9.82. The van der Waals surface area contributed by atoms with Crippen molar-refractivity contribution in [3.05, 3.63) is 71.8 Å². The molecule has 0 aliphatic carbocycles. The SMILES string of the molecule is CN(C)C(=O)CN1C(=O)C(c2ccccc2)(c2ccccc2)NC1=S. The molecule has 2 amide bonds. The Morgan fingerprint density at radius 2 is 1.52 bits per heavy atom. The summed E-state index contributed by atoms with van der Waals surface area (Å²) in [6, 6.07) is 18.9. The molecule has 0 bridgehead atoms. The summed E-state index contributed by atoms with van der Waals surface area (Å²) in [4.78, 5) is 28.3. The minimum atomic E-state index is -1.12. The molecule has 2 aromatic rings. The van der Waals surface area contributed by atoms with Crippen molar-refractivity contribution in [3.8, 4) is 0 Å². The second-order valence-electron chi connectivity index (χ2n) is 6.09. The molecular formula is C19H19N3O2S. The van der Waals surface area contributed by atoms with Gasteiger partial charge in [0, 0.05) is 14.1 Å². The monoisotopic (exact) mass is 353 g/mol. The number of likely N-dealkylation sites (N-methyl/N-ethyl adjacent to an activating group) is 1. The van der Waals surface area contributed by atoms with E-state index in [1.807, 2.05) is 60.7 Å². The van der Waals surface area contributed by atoms with Crippen LogP contribution in [0.25, 0.3) is 0 Å². The first kappa shape index (κ1) is 17.1. The van der Waals surface area contributed by atoms with Gasteiger partial charge in [0.05, 0.1) is 0 Å². The van der Waals surface area contributed by atoms with Crippen molar-refractivity contribution in [1.29, 1.82) is 0 Å². The number of hydrogen-bond donors (Lipinski definition) is 1. The molecule has 6 heteroatoms. The molecule has 1 saturated heterocycles. The molecule has 0 spiro atoms. The van der Waals surface area contributed by atoms with E-state index in [1.165, 1.54) is 9.80 Å². The Labute approximate surface area is 152 Å². The summed E-state index contributed by atoms with van der Waals surface area (Å²) in [5, 5.41) is 3.44. The maximum absolute atomic E-state index is 13.4. The number of benzene rings is 2. The molecule has 1 heterocycles. The average molecular weight is 353 g/mol. The van der Waals surface area contributed by atoms with Crippen LogP contribution in [0.3, 0.4) is 0 Å². The Morgan fingerprint density at radius 1 is 1.04 bits per heavy atom. The number of rotatable bonds is 4. The van der Waals surface area contributed by atoms with Gasteiger partial charge >= 0.3 is 0 Å². The van der Waals surface area contributed by atoms with Gasteiger partial charge in [0.2, 0.25) is 5.91 Å². The molecule has 0 saturated carbocycles. The van der Waals surface area contributed by atoms with E-state index in [1.54, 1.807) is 14.1 Å². The van der Waals surface area contributed by atoms with Crippen LogP contribution in [-0.4, -0.2) is 47.4 Å². The van der Waals surface area contributed by atoms with Crippen molar-refractivity contribution in [2.75, 3.05) is 20.6 Å². The number of amides is 2. The van der Waals surface area contributed by atoms with Crippen LogP contribution in [0.5, 0.6) is 0 Å². The molecule has 128 valence electrons. The largest absolute Gasteiger partial charge is 0.347 e. The number of nitrogens with zero attached hydrogens (tertiary/aromatic N) is 2. The highest BCUT2D eigenvalue weighted by molar-refractivity contribution is 7.80. The maximum Gasteiger partial charge on any atom is 0.264 e. The second-order valence-corrected chi connectivity index (χ2v) is 6.48. The summed E-state index contributed by atoms with van der Waals surface area (Å²) in [5.74, 6) is -0.431. The summed E-state index contributed by atoms with van der Waals surface area (Å²) in [5.41, 5.74) is 0.452. The number of thiocarbonyl (C=S) groups is 1. The van der Waals surface area contributed by atoms with Crippen LogP contribution in [0.15, 0.2) is 60.7 Å². The maximum atomic E-state index is 13.4. The molecule has 1 aliphatic rings. The topological polar surface area (TPSA) is 52.7 Å². The molecule has 25 heavy (non-hydrogen) atoms. The van der Waals surface area contributed by atoms with Gasteiger partial charge in [-0.15, -0.1) is 0 Å². The Bertz CT molecular complexity index is 766. The van der Waals surface area contributed by atoms with E-state index in [-0.39, 0.29) is 23.5 Å². The van der Waals surface area contributed by atoms with Gasteiger partial charge in [-0.05, 0) is 23.3 Å². The Hall–Kier alpha value is -2.73. The molecule has 0 unspecified atom stereocenters. The van der Waals surface area contributed by atoms with Crippen LogP contribution < -0.4 is 5.32 Å². The summed E-state index contributed by atoms with van der Waals surface area (Å²) in [6.45, 7) is -0.0842. The van der Waals surface area contributed by atoms with Crippen LogP contribution in [0, 0.1) is 0 Å². The van der Waals surface area contributed by atoms with Crippen molar-refractivity contribution in [2.45, 2.75) is 5.54 Å². The molecule has 0 atom stereocenters. The molecule has 1 N–H and O–H groups in total. The minimum Gasteiger partial charge on any atom is -0.347 e. The fraction of sp³-hybridized carbons (Fsp3) is 0.211. The standard InChI is InChI=1S/C19H19N3O2S/c1-21(2)16(23)13-22-17(24)19(20-18(22)25,14-9-5-3-6-10-14)15-11-7-4-8-12-15/h3-12H,13H2,1-2H3,(H,20,25). The minimum absolute atomic E-state index is 0.0842. The number of carbonyl (C=O) groups is 2. The van der Waals surface area contributed by atoms with Crippen LogP contribution in [-0.2, 0) is 15.1 Å². The van der Waals surface area contributed by atoms with Crippen molar-refractivity contribution in [1.82, 2.24) is 15.1 Å². The summed E-state index contributed by atoms with van der Waals surface area (Å²) >= 11 is 5.39. The van der Waals surface area contributed by atoms with Gasteiger partial charge in [-0.3, -0.25) is 14.5 Å². The highest BCUT2D eigenvalue weighted by Crippen LogP contribution is 2.35. The first-order valence-electron chi connectivity index (χ1n) is 7.92. The smallest absolute Gasteiger partial charge is 0.264 e. The molecule has 0 radical (unpaired) electrons. The van der Waals surface area contributed by atoms with E-state index < -0.39 is 5.54 Å². The summed E-state index contributed by atoms with van der Waals surface area (Å²) in [7, 11) is 3.31. The molecule has 5 nitrogen and oxygen atoms in total. The fourth-order valence-electron chi connectivity index (χ4n) is 2.93. The van der Waals surface area contributed by atoms with Crippen molar-refractivity contribution in [2.24, 2.45) is 0 Å². The van der Waals surface area contributed by atoms with Crippen LogP contribution >= 0.6 is 12.2 Å². The number of nitrogens with one attached hydrogen (secondary N) is 1. The Balaban J connectivity index is 2.10. The predicted molar refractivity (Wildman–Crippen MR) is 99.8 cm³/mol. The van der Waals surface area contributed by atoms with Crippen molar-refractivity contribution < 1.29 is 9.59 Å². The first-order valence-corrected chi connectivity index (χ1v) is 8.33. The van der Waals surface area contributed by atoms with Gasteiger partial charge in [-0.25, -0.2) is 0 Å². The fourth-order valence-corrected chi connectivity index (χ4v) is 3.23. The molecule has 0 aromatic heterocycles. The van der Waals surface area contributed by atoms with E-state index in [0.717, 1.165) is 11.1 Å². The molecule has 2 aromatic carbocycles. The van der Waals surface area contributed by atoms with E-state index in [0.29, 0.717) is 0 Å². The van der Waals surface area contributed by atoms with Crippen LogP contribution in [0.1, 0.15) is 11.1 Å². The van der Waals surface area contributed by atoms with E-state index in [9.17, 15) is 9.59 Å². The highest BCUT2D eigenvalue weighted by atomic mass is 32.1. The van der Waals surface area contributed by atoms with Crippen molar-refractivity contribution in [3.63, 3.8) is 0 Å². The third-order valence-electron chi connectivity index (χ3n) is 4.31. The molecule has 1 aliphatic heterocycles. The lowest BCUT2D eigenvalue weighted by molar-refractivity contribution is -0.136. The third kappa shape index (κ3) is 2.89. The zero-order valence-electron chi connectivity index (χ0n) is 14.1. The highest BCUT2D eigenvalue weighted by Gasteiger charge is 2.52. The number of carbonyl (C=O) groups excluding carboxylic acids is 2. The molecular weight excluding hydrogens is 334 g/mol. The van der Waals surface area contributed by atoms with Crippen LogP contribution in [0.4, 0.5) is 0 Å². The van der Waals surface area contributed by atoms with E-state index in [4.69, 9.17) is 12.2 Å². The lowest BCUT2D eigenvalue weighted by Crippen LogP contribution is -2.46. The zero-order chi connectivity index (χ0) is 18.0. The Kier molecular flexibility index (Phi) is 4.55. The Morgan fingerprint density at radius 3 is 1.96 bits per heavy atom. The van der Waals surface area contributed by atoms with Gasteiger partial charge in [0.15, 0.2) is 10.7 Å². The lowest BCUT2D eigenvalue weighted by Gasteiger charge is -2.28. The van der Waals surface area contributed by atoms with E-state index in [2.05, 4.69) is 5.32 Å². The number of hydrogen-bond acceptors (Lipinski definition) is 3. The van der Waals surface area contributed by atoms with E-state index >= 15 is 0 Å². The second kappa shape index (κ2) is 6.64. The normalized spacial score (nSPS) is 15.8. The van der Waals surface area contributed by atoms with Gasteiger partial charge in [-0.2, -0.15) is 0 Å². The van der Waals surface area contributed by atoms with Gasteiger partial charge < -0.3 is 10.2 Å². The van der Waals surface area contributed by atoms with Gasteiger partial charge in [-0.1, -0.05) is 60.7 Å². The van der Waals surface area contributed by atoms with Gasteiger partial charge in [0.1, 0.15) is 6.54 Å². The van der Waals surface area contributed by atoms with Gasteiger partial charge in [0.25, 0.3) is 5.91 Å². The molecule has 1 fully saturated rings. The zero-order valence-corrected chi connectivity index (χ0v) is 14.9. The van der Waals surface area contributed by atoms with Crippen LogP contribution in [0.2, 0.25) is 0 Å².